The number of carbonyl (C=O) groups excluding carboxylic acids is 2. The Morgan fingerprint density at radius 2 is 1.69 bits per heavy atom. The Kier molecular flexibility index (Phi) is 7.67. The number of nitrogens with zero attached hydrogens (tertiary/aromatic N) is 2. The number of hydrogen-bond acceptors (Lipinski definition) is 4. The topological polar surface area (TPSA) is 64.7 Å². The number of nitrogens with one attached hydrogen (secondary N) is 2. The number of carbonyl (C=O) groups is 2. The molecule has 2 aliphatic rings. The number of hydrogen-bond donors (Lipinski definition) is 2. The van der Waals surface area contributed by atoms with E-state index in [0.29, 0.717) is 25.0 Å². The van der Waals surface area contributed by atoms with Crippen LogP contribution in [0.25, 0.3) is 0 Å². The Hall–Kier alpha value is -1.92. The number of piperazine rings is 1. The van der Waals surface area contributed by atoms with Gasteiger partial charge in [0.2, 0.25) is 11.8 Å². The van der Waals surface area contributed by atoms with Gasteiger partial charge < -0.3 is 10.6 Å². The largest absolute Gasteiger partial charge is 0.355 e. The average molecular weight is 401 g/mol. The van der Waals surface area contributed by atoms with E-state index in [1.165, 1.54) is 11.1 Å². The Bertz CT molecular complexity index is 677. The van der Waals surface area contributed by atoms with Crippen LogP contribution in [0.5, 0.6) is 0 Å². The fourth-order valence-electron chi connectivity index (χ4n) is 3.70. The van der Waals surface area contributed by atoms with E-state index in [0.717, 1.165) is 45.4 Å². The summed E-state index contributed by atoms with van der Waals surface area (Å²) in [5, 5.41) is 6.12. The van der Waals surface area contributed by atoms with E-state index in [1.807, 2.05) is 6.92 Å². The van der Waals surface area contributed by atoms with Crippen LogP contribution in [-0.4, -0.2) is 73.0 Å². The standard InChI is InChI=1S/C23H36N4O2/c1-17(2)20-6-4-19(5-7-20)10-11-24-22(28)16-26-12-14-27(15-13-26)18(3)23(29)25-21-8-9-21/h4-7,17-18,21H,8-16H2,1-3H3,(H,24,28)(H,25,29). The molecule has 1 aromatic rings. The van der Waals surface area contributed by atoms with Crippen LogP contribution < -0.4 is 10.6 Å². The van der Waals surface area contributed by atoms with Crippen molar-refractivity contribution >= 4 is 11.8 Å². The highest BCUT2D eigenvalue weighted by molar-refractivity contribution is 5.82. The fourth-order valence-corrected chi connectivity index (χ4v) is 3.70. The molecule has 29 heavy (non-hydrogen) atoms. The first-order valence-corrected chi connectivity index (χ1v) is 11.0. The van der Waals surface area contributed by atoms with Gasteiger partial charge in [0.1, 0.15) is 0 Å². The van der Waals surface area contributed by atoms with Gasteiger partial charge in [-0.25, -0.2) is 0 Å². The molecule has 0 radical (unpaired) electrons. The van der Waals surface area contributed by atoms with Gasteiger partial charge in [-0.3, -0.25) is 19.4 Å². The second-order valence-corrected chi connectivity index (χ2v) is 8.77. The highest BCUT2D eigenvalue weighted by Gasteiger charge is 2.30. The molecule has 2 amide bonds. The van der Waals surface area contributed by atoms with Gasteiger partial charge >= 0.3 is 0 Å². The van der Waals surface area contributed by atoms with E-state index in [-0.39, 0.29) is 17.9 Å². The normalized spacial score (nSPS) is 19.2. The van der Waals surface area contributed by atoms with E-state index in [2.05, 4.69) is 58.5 Å². The van der Waals surface area contributed by atoms with Gasteiger partial charge in [-0.2, -0.15) is 0 Å². The van der Waals surface area contributed by atoms with Crippen LogP contribution in [0, 0.1) is 0 Å². The number of amides is 2. The maximum absolute atomic E-state index is 12.3. The monoisotopic (exact) mass is 400 g/mol. The number of benzene rings is 1. The van der Waals surface area contributed by atoms with E-state index >= 15 is 0 Å². The van der Waals surface area contributed by atoms with Gasteiger partial charge in [0, 0.05) is 38.8 Å². The molecule has 2 fully saturated rings. The van der Waals surface area contributed by atoms with Crippen molar-refractivity contribution in [3.63, 3.8) is 0 Å². The second-order valence-electron chi connectivity index (χ2n) is 8.77. The Morgan fingerprint density at radius 1 is 1.03 bits per heavy atom. The van der Waals surface area contributed by atoms with Gasteiger partial charge in [0.25, 0.3) is 0 Å². The molecule has 6 heteroatoms. The first kappa shape index (κ1) is 21.8. The molecule has 160 valence electrons. The summed E-state index contributed by atoms with van der Waals surface area (Å²) in [4.78, 5) is 28.9. The Morgan fingerprint density at radius 3 is 2.28 bits per heavy atom. The fraction of sp³-hybridized carbons (Fsp3) is 0.652. The van der Waals surface area contributed by atoms with Crippen molar-refractivity contribution in [3.05, 3.63) is 35.4 Å². The van der Waals surface area contributed by atoms with Crippen LogP contribution in [0.2, 0.25) is 0 Å². The van der Waals surface area contributed by atoms with Crippen molar-refractivity contribution in [1.29, 1.82) is 0 Å². The molecule has 1 saturated heterocycles. The molecule has 1 aliphatic heterocycles. The maximum atomic E-state index is 12.3. The lowest BCUT2D eigenvalue weighted by atomic mass is 10.0. The van der Waals surface area contributed by atoms with E-state index in [9.17, 15) is 9.59 Å². The second kappa shape index (κ2) is 10.2. The minimum Gasteiger partial charge on any atom is -0.355 e. The van der Waals surface area contributed by atoms with Crippen LogP contribution >= 0.6 is 0 Å². The third-order valence-electron chi connectivity index (χ3n) is 6.01. The minimum absolute atomic E-state index is 0.0803. The Balaban J connectivity index is 1.31. The first-order valence-electron chi connectivity index (χ1n) is 11.0. The van der Waals surface area contributed by atoms with Crippen LogP contribution in [0.15, 0.2) is 24.3 Å². The van der Waals surface area contributed by atoms with E-state index in [1.54, 1.807) is 0 Å². The summed E-state index contributed by atoms with van der Waals surface area (Å²) < 4.78 is 0. The zero-order valence-corrected chi connectivity index (χ0v) is 18.1. The van der Waals surface area contributed by atoms with Crippen molar-refractivity contribution in [2.24, 2.45) is 0 Å². The molecule has 1 unspecified atom stereocenters. The summed E-state index contributed by atoms with van der Waals surface area (Å²) in [6.45, 7) is 10.8. The van der Waals surface area contributed by atoms with Crippen molar-refractivity contribution in [2.75, 3.05) is 39.3 Å². The van der Waals surface area contributed by atoms with Crippen molar-refractivity contribution in [3.8, 4) is 0 Å². The summed E-state index contributed by atoms with van der Waals surface area (Å²) in [5.41, 5.74) is 2.60. The van der Waals surface area contributed by atoms with Gasteiger partial charge in [-0.15, -0.1) is 0 Å². The maximum Gasteiger partial charge on any atom is 0.237 e. The third-order valence-corrected chi connectivity index (χ3v) is 6.01. The summed E-state index contributed by atoms with van der Waals surface area (Å²) in [5.74, 6) is 0.761. The van der Waals surface area contributed by atoms with Gasteiger partial charge in [0.05, 0.1) is 12.6 Å². The SMILES string of the molecule is CC(C)c1ccc(CCNC(=O)CN2CCN(C(C)C(=O)NC3CC3)CC2)cc1. The highest BCUT2D eigenvalue weighted by Crippen LogP contribution is 2.19. The molecule has 1 atom stereocenters. The summed E-state index contributed by atoms with van der Waals surface area (Å²) >= 11 is 0. The summed E-state index contributed by atoms with van der Waals surface area (Å²) in [6, 6.07) is 8.97. The van der Waals surface area contributed by atoms with Crippen molar-refractivity contribution < 1.29 is 9.59 Å². The lowest BCUT2D eigenvalue weighted by Gasteiger charge is -2.37. The average Bonchev–Trinajstić information content (AvgIpc) is 3.52. The molecule has 1 saturated carbocycles. The zero-order chi connectivity index (χ0) is 20.8. The molecule has 2 N–H and O–H groups in total. The van der Waals surface area contributed by atoms with Gasteiger partial charge in [0.15, 0.2) is 0 Å². The van der Waals surface area contributed by atoms with E-state index in [4.69, 9.17) is 0 Å². The molecule has 0 aromatic heterocycles. The molecule has 0 bridgehead atoms. The molecule has 0 spiro atoms. The number of rotatable bonds is 9. The molecule has 1 aromatic carbocycles. The molecule has 3 rings (SSSR count). The van der Waals surface area contributed by atoms with Crippen LogP contribution in [0.4, 0.5) is 0 Å². The quantitative estimate of drug-likeness (QED) is 0.663. The summed E-state index contributed by atoms with van der Waals surface area (Å²) in [7, 11) is 0. The first-order chi connectivity index (χ1) is 13.9. The Labute approximate surface area is 175 Å². The third kappa shape index (κ3) is 6.82. The molecular formula is C23H36N4O2. The smallest absolute Gasteiger partial charge is 0.237 e. The van der Waals surface area contributed by atoms with Crippen molar-refractivity contribution in [1.82, 2.24) is 20.4 Å². The van der Waals surface area contributed by atoms with Crippen LogP contribution in [0.3, 0.4) is 0 Å². The lowest BCUT2D eigenvalue weighted by molar-refractivity contribution is -0.128. The molecular weight excluding hydrogens is 364 g/mol. The minimum atomic E-state index is -0.0892. The zero-order valence-electron chi connectivity index (χ0n) is 18.1. The predicted octanol–water partition coefficient (Wildman–Crippen LogP) is 1.75. The lowest BCUT2D eigenvalue weighted by Crippen LogP contribution is -2.55. The highest BCUT2D eigenvalue weighted by atomic mass is 16.2. The van der Waals surface area contributed by atoms with Crippen molar-refractivity contribution in [2.45, 2.75) is 58.0 Å². The summed E-state index contributed by atoms with van der Waals surface area (Å²) in [6.07, 6.45) is 3.08. The van der Waals surface area contributed by atoms with E-state index < -0.39 is 0 Å². The van der Waals surface area contributed by atoms with Crippen LogP contribution in [0.1, 0.15) is 50.7 Å². The molecule has 1 heterocycles. The predicted molar refractivity (Wildman–Crippen MR) is 116 cm³/mol. The van der Waals surface area contributed by atoms with Gasteiger partial charge in [-0.1, -0.05) is 38.1 Å². The molecule has 1 aliphatic carbocycles. The molecule has 6 nitrogen and oxygen atoms in total. The van der Waals surface area contributed by atoms with Gasteiger partial charge in [-0.05, 0) is 43.2 Å². The van der Waals surface area contributed by atoms with Crippen LogP contribution in [-0.2, 0) is 16.0 Å².